The smallest absolute Gasteiger partial charge is 0.340 e. The van der Waals surface area contributed by atoms with Crippen molar-refractivity contribution in [1.29, 1.82) is 0 Å². The van der Waals surface area contributed by atoms with Gasteiger partial charge in [-0.25, -0.2) is 4.79 Å². The van der Waals surface area contributed by atoms with E-state index in [-0.39, 0.29) is 29.7 Å². The van der Waals surface area contributed by atoms with Crippen molar-refractivity contribution in [3.05, 3.63) is 75.0 Å². The minimum atomic E-state index is -0.669. The highest BCUT2D eigenvalue weighted by atomic mass is 16.5. The number of fused-ring (bicyclic) bond motifs is 1. The first-order valence-corrected chi connectivity index (χ1v) is 11.3. The van der Waals surface area contributed by atoms with Crippen LogP contribution in [0, 0.1) is 0 Å². The van der Waals surface area contributed by atoms with E-state index in [1.165, 1.54) is 0 Å². The monoisotopic (exact) mass is 438 g/mol. The zero-order valence-corrected chi connectivity index (χ0v) is 18.6. The summed E-state index contributed by atoms with van der Waals surface area (Å²) in [7, 11) is 0. The first kappa shape index (κ1) is 22.1. The van der Waals surface area contributed by atoms with E-state index in [0.717, 1.165) is 43.5 Å². The van der Waals surface area contributed by atoms with Crippen LogP contribution in [0.15, 0.2) is 52.6 Å². The number of carbonyl (C=O) groups excluding carboxylic acids is 1. The second-order valence-corrected chi connectivity index (χ2v) is 8.16. The molecule has 7 nitrogen and oxygen atoms in total. The topological polar surface area (TPSA) is 92.8 Å². The van der Waals surface area contributed by atoms with Gasteiger partial charge in [-0.3, -0.25) is 4.79 Å². The number of hydrogen-bond acceptors (Lipinski definition) is 6. The number of ether oxygens (including phenoxy) is 3. The van der Waals surface area contributed by atoms with Crippen LogP contribution in [0.1, 0.15) is 55.8 Å². The van der Waals surface area contributed by atoms with E-state index < -0.39 is 11.9 Å². The van der Waals surface area contributed by atoms with Crippen LogP contribution in [-0.2, 0) is 27.2 Å². The molecular formula is C25H30N2O5. The Kier molecular flexibility index (Phi) is 6.65. The molecule has 2 aromatic rings. The van der Waals surface area contributed by atoms with Gasteiger partial charge < -0.3 is 24.5 Å². The Balaban J connectivity index is 1.91. The number of nitrogens with zero attached hydrogens (tertiary/aromatic N) is 1. The number of esters is 1. The van der Waals surface area contributed by atoms with Crippen LogP contribution in [0.3, 0.4) is 0 Å². The lowest BCUT2D eigenvalue weighted by atomic mass is 9.83. The van der Waals surface area contributed by atoms with Gasteiger partial charge in [0.05, 0.1) is 30.7 Å². The van der Waals surface area contributed by atoms with Crippen LogP contribution < -0.4 is 16.0 Å². The lowest BCUT2D eigenvalue weighted by Gasteiger charge is -2.30. The summed E-state index contributed by atoms with van der Waals surface area (Å²) < 4.78 is 18.7. The molecular weight excluding hydrogens is 408 g/mol. The van der Waals surface area contributed by atoms with Crippen LogP contribution >= 0.6 is 0 Å². The number of carbonyl (C=O) groups is 1. The fourth-order valence-electron chi connectivity index (χ4n) is 4.56. The third-order valence-electron chi connectivity index (χ3n) is 5.99. The molecule has 170 valence electrons. The number of rotatable bonds is 7. The van der Waals surface area contributed by atoms with Crippen molar-refractivity contribution in [2.45, 2.75) is 58.1 Å². The highest BCUT2D eigenvalue weighted by Gasteiger charge is 2.38. The molecule has 4 rings (SSSR count). The van der Waals surface area contributed by atoms with Crippen molar-refractivity contribution < 1.29 is 19.0 Å². The fourth-order valence-corrected chi connectivity index (χ4v) is 4.56. The Labute approximate surface area is 187 Å². The van der Waals surface area contributed by atoms with Gasteiger partial charge in [-0.15, -0.1) is 0 Å². The van der Waals surface area contributed by atoms with Gasteiger partial charge in [0.25, 0.3) is 5.56 Å². The molecule has 2 aliphatic rings. The fraction of sp³-hybridized carbons (Fsp3) is 0.440. The van der Waals surface area contributed by atoms with Crippen LogP contribution in [0.4, 0.5) is 0 Å². The summed E-state index contributed by atoms with van der Waals surface area (Å²) in [5, 5.41) is 0. The molecule has 7 heteroatoms. The molecule has 1 aromatic heterocycles. The highest BCUT2D eigenvalue weighted by molar-refractivity contribution is 5.92. The van der Waals surface area contributed by atoms with Crippen molar-refractivity contribution in [3.63, 3.8) is 0 Å². The molecule has 2 unspecified atom stereocenters. The van der Waals surface area contributed by atoms with Crippen molar-refractivity contribution in [3.8, 4) is 5.75 Å². The van der Waals surface area contributed by atoms with Gasteiger partial charge in [0.2, 0.25) is 5.88 Å². The summed E-state index contributed by atoms with van der Waals surface area (Å²) in [6.45, 7) is 5.20. The third-order valence-corrected chi connectivity index (χ3v) is 5.99. The largest absolute Gasteiger partial charge is 0.462 e. The molecule has 1 saturated heterocycles. The number of aromatic nitrogens is 1. The van der Waals surface area contributed by atoms with E-state index >= 15 is 0 Å². The molecule has 2 N–H and O–H groups in total. The van der Waals surface area contributed by atoms with Gasteiger partial charge in [0.15, 0.2) is 0 Å². The van der Waals surface area contributed by atoms with Crippen LogP contribution in [-0.4, -0.2) is 29.9 Å². The average molecular weight is 439 g/mol. The number of benzene rings is 1. The summed E-state index contributed by atoms with van der Waals surface area (Å²) in [6, 6.07) is 11.3. The highest BCUT2D eigenvalue weighted by Crippen LogP contribution is 2.41. The van der Waals surface area contributed by atoms with Crippen LogP contribution in [0.5, 0.6) is 5.75 Å². The molecule has 0 aliphatic carbocycles. The maximum absolute atomic E-state index is 13.9. The lowest BCUT2D eigenvalue weighted by Crippen LogP contribution is -2.37. The Bertz CT molecular complexity index is 1070. The molecule has 0 bridgehead atoms. The van der Waals surface area contributed by atoms with Crippen molar-refractivity contribution in [1.82, 2.24) is 4.57 Å². The van der Waals surface area contributed by atoms with E-state index in [2.05, 4.69) is 6.92 Å². The Morgan fingerprint density at radius 1 is 1.25 bits per heavy atom. The molecule has 0 saturated carbocycles. The third kappa shape index (κ3) is 4.17. The average Bonchev–Trinajstić information content (AvgIpc) is 3.30. The summed E-state index contributed by atoms with van der Waals surface area (Å²) in [5.74, 6) is -0.866. The predicted octanol–water partition coefficient (Wildman–Crippen LogP) is 3.24. The Morgan fingerprint density at radius 2 is 2.03 bits per heavy atom. The second-order valence-electron chi connectivity index (χ2n) is 8.16. The summed E-state index contributed by atoms with van der Waals surface area (Å²) in [4.78, 5) is 26.8. The maximum Gasteiger partial charge on any atom is 0.340 e. The van der Waals surface area contributed by atoms with Gasteiger partial charge in [-0.1, -0.05) is 43.7 Å². The van der Waals surface area contributed by atoms with Gasteiger partial charge in [0, 0.05) is 18.4 Å². The zero-order valence-electron chi connectivity index (χ0n) is 18.6. The van der Waals surface area contributed by atoms with E-state index in [1.807, 2.05) is 36.4 Å². The molecule has 2 atom stereocenters. The zero-order chi connectivity index (χ0) is 22.7. The molecule has 1 aromatic carbocycles. The number of pyridine rings is 1. The number of nitrogens with two attached hydrogens (primary N) is 1. The second kappa shape index (κ2) is 9.61. The van der Waals surface area contributed by atoms with Gasteiger partial charge in [0.1, 0.15) is 11.3 Å². The molecule has 32 heavy (non-hydrogen) atoms. The lowest BCUT2D eigenvalue weighted by molar-refractivity contribution is -0.139. The van der Waals surface area contributed by atoms with Crippen molar-refractivity contribution in [2.24, 2.45) is 5.73 Å². The van der Waals surface area contributed by atoms with Gasteiger partial charge in [-0.2, -0.15) is 0 Å². The minimum absolute atomic E-state index is 0.00572. The van der Waals surface area contributed by atoms with E-state index in [0.29, 0.717) is 17.9 Å². The SMILES string of the molecule is CCCc1cc2c(c(=O)n1CC1CCCO1)C(c1ccccc1)C(C(=O)OCC)=C(N)O2. The predicted molar refractivity (Wildman–Crippen MR) is 120 cm³/mol. The molecule has 0 amide bonds. The number of hydrogen-bond donors (Lipinski definition) is 1. The minimum Gasteiger partial charge on any atom is -0.462 e. The van der Waals surface area contributed by atoms with E-state index in [4.69, 9.17) is 19.9 Å². The van der Waals surface area contributed by atoms with Crippen LogP contribution in [0.2, 0.25) is 0 Å². The van der Waals surface area contributed by atoms with E-state index in [9.17, 15) is 9.59 Å². The molecule has 0 spiro atoms. The molecule has 1 fully saturated rings. The standard InChI is InChI=1S/C25H30N2O5/c1-3-9-17-14-19-21(24(28)27(17)15-18-12-8-13-31-18)20(16-10-6-5-7-11-16)22(23(26)32-19)25(29)30-4-2/h5-7,10-11,14,18,20H,3-4,8-9,12-13,15,26H2,1-2H3. The summed E-state index contributed by atoms with van der Waals surface area (Å²) in [5.41, 5.74) is 8.28. The van der Waals surface area contributed by atoms with Crippen molar-refractivity contribution in [2.75, 3.05) is 13.2 Å². The first-order valence-electron chi connectivity index (χ1n) is 11.3. The summed E-state index contributed by atoms with van der Waals surface area (Å²) in [6.07, 6.45) is 3.53. The molecule has 2 aliphatic heterocycles. The van der Waals surface area contributed by atoms with Crippen LogP contribution in [0.25, 0.3) is 0 Å². The normalized spacial score (nSPS) is 20.1. The first-order chi connectivity index (χ1) is 15.5. The quantitative estimate of drug-likeness (QED) is 0.667. The van der Waals surface area contributed by atoms with Gasteiger partial charge in [-0.05, 0) is 31.7 Å². The number of aryl methyl sites for hydroxylation is 1. The molecule has 0 radical (unpaired) electrons. The summed E-state index contributed by atoms with van der Waals surface area (Å²) >= 11 is 0. The van der Waals surface area contributed by atoms with Crippen molar-refractivity contribution >= 4 is 5.97 Å². The maximum atomic E-state index is 13.9. The van der Waals surface area contributed by atoms with E-state index in [1.54, 1.807) is 11.5 Å². The Morgan fingerprint density at radius 3 is 2.69 bits per heavy atom. The molecule has 3 heterocycles. The Hall–Kier alpha value is -3.06. The van der Waals surface area contributed by atoms with Gasteiger partial charge >= 0.3 is 5.97 Å².